The maximum absolute atomic E-state index is 12.0. The Kier molecular flexibility index (Phi) is 4.68. The number of benzene rings is 1. The minimum atomic E-state index is -2.88. The number of halogens is 2. The molecule has 0 spiro atoms. The first-order valence-corrected chi connectivity index (χ1v) is 5.10. The number of alkyl halides is 2. The Bertz CT molecular complexity index is 383. The molecule has 17 heavy (non-hydrogen) atoms. The maximum atomic E-state index is 12.0. The number of hydrogen-bond donors (Lipinski definition) is 2. The van der Waals surface area contributed by atoms with E-state index in [9.17, 15) is 13.6 Å². The van der Waals surface area contributed by atoms with Crippen molar-refractivity contribution < 1.29 is 18.3 Å². The molecule has 0 heterocycles. The molecular weight excluding hydrogens is 230 g/mol. The van der Waals surface area contributed by atoms with Crippen LogP contribution < -0.4 is 15.4 Å². The van der Waals surface area contributed by atoms with Crippen LogP contribution in [0.15, 0.2) is 24.3 Å². The largest absolute Gasteiger partial charge is 0.435 e. The van der Waals surface area contributed by atoms with Gasteiger partial charge in [0, 0.05) is 17.8 Å². The molecule has 4 nitrogen and oxygen atoms in total. The molecule has 94 valence electrons. The third kappa shape index (κ3) is 5.14. The molecule has 0 aliphatic rings. The van der Waals surface area contributed by atoms with Crippen LogP contribution in [-0.2, 0) is 0 Å². The van der Waals surface area contributed by atoms with Crippen molar-refractivity contribution >= 4 is 11.7 Å². The van der Waals surface area contributed by atoms with Gasteiger partial charge in [-0.25, -0.2) is 4.79 Å². The van der Waals surface area contributed by atoms with Crippen molar-refractivity contribution in [2.75, 3.05) is 5.32 Å². The van der Waals surface area contributed by atoms with Crippen LogP contribution >= 0.6 is 0 Å². The van der Waals surface area contributed by atoms with E-state index in [4.69, 9.17) is 0 Å². The summed E-state index contributed by atoms with van der Waals surface area (Å²) >= 11 is 0. The lowest BCUT2D eigenvalue weighted by Gasteiger charge is -2.11. The van der Waals surface area contributed by atoms with E-state index in [1.807, 2.05) is 13.8 Å². The van der Waals surface area contributed by atoms with Crippen molar-refractivity contribution in [3.8, 4) is 5.75 Å². The minimum absolute atomic E-state index is 0.00217. The minimum Gasteiger partial charge on any atom is -0.435 e. The van der Waals surface area contributed by atoms with E-state index in [0.29, 0.717) is 5.69 Å². The topological polar surface area (TPSA) is 50.4 Å². The fourth-order valence-corrected chi connectivity index (χ4v) is 1.18. The van der Waals surface area contributed by atoms with Crippen molar-refractivity contribution in [3.05, 3.63) is 24.3 Å². The van der Waals surface area contributed by atoms with Crippen molar-refractivity contribution in [2.45, 2.75) is 26.5 Å². The summed E-state index contributed by atoms with van der Waals surface area (Å²) in [6.45, 7) is 0.751. The molecule has 0 aliphatic heterocycles. The first-order valence-electron chi connectivity index (χ1n) is 5.10. The van der Waals surface area contributed by atoms with E-state index >= 15 is 0 Å². The smallest absolute Gasteiger partial charge is 0.387 e. The summed E-state index contributed by atoms with van der Waals surface area (Å²) in [5.74, 6) is 0.00217. The van der Waals surface area contributed by atoms with Crippen molar-refractivity contribution in [1.82, 2.24) is 5.32 Å². The third-order valence-electron chi connectivity index (χ3n) is 1.74. The lowest BCUT2D eigenvalue weighted by Crippen LogP contribution is -2.34. The summed E-state index contributed by atoms with van der Waals surface area (Å²) in [5.41, 5.74) is 0.390. The molecule has 2 N–H and O–H groups in total. The molecule has 0 unspecified atom stereocenters. The highest BCUT2D eigenvalue weighted by Gasteiger charge is 2.06. The Morgan fingerprint density at radius 3 is 2.65 bits per heavy atom. The molecule has 0 aliphatic carbocycles. The van der Waals surface area contributed by atoms with E-state index in [-0.39, 0.29) is 11.8 Å². The van der Waals surface area contributed by atoms with Crippen molar-refractivity contribution in [1.29, 1.82) is 0 Å². The number of nitrogens with one attached hydrogen (secondary N) is 2. The Hall–Kier alpha value is -1.85. The zero-order valence-corrected chi connectivity index (χ0v) is 9.54. The average Bonchev–Trinajstić information content (AvgIpc) is 2.14. The summed E-state index contributed by atoms with van der Waals surface area (Å²) < 4.78 is 28.1. The van der Waals surface area contributed by atoms with Crippen LogP contribution in [0, 0.1) is 0 Å². The highest BCUT2D eigenvalue weighted by Crippen LogP contribution is 2.19. The fraction of sp³-hybridized carbons (Fsp3) is 0.364. The van der Waals surface area contributed by atoms with Crippen molar-refractivity contribution in [3.63, 3.8) is 0 Å². The number of anilines is 1. The molecule has 6 heteroatoms. The van der Waals surface area contributed by atoms with Gasteiger partial charge in [0.1, 0.15) is 5.75 Å². The van der Waals surface area contributed by atoms with Gasteiger partial charge in [-0.3, -0.25) is 0 Å². The van der Waals surface area contributed by atoms with Gasteiger partial charge in [-0.15, -0.1) is 0 Å². The van der Waals surface area contributed by atoms with Crippen molar-refractivity contribution in [2.24, 2.45) is 0 Å². The lowest BCUT2D eigenvalue weighted by atomic mass is 10.3. The highest BCUT2D eigenvalue weighted by atomic mass is 19.3. The van der Waals surface area contributed by atoms with Crippen LogP contribution in [0.3, 0.4) is 0 Å². The van der Waals surface area contributed by atoms with Gasteiger partial charge in [0.15, 0.2) is 0 Å². The second-order valence-corrected chi connectivity index (χ2v) is 3.66. The standard InChI is InChI=1S/C11H14F2N2O2/c1-7(2)14-11(16)15-8-4-3-5-9(6-8)17-10(12)13/h3-7,10H,1-2H3,(H2,14,15,16). The van der Waals surface area contributed by atoms with Crippen LogP contribution in [-0.4, -0.2) is 18.7 Å². The maximum Gasteiger partial charge on any atom is 0.387 e. The zero-order valence-electron chi connectivity index (χ0n) is 9.54. The lowest BCUT2D eigenvalue weighted by molar-refractivity contribution is -0.0497. The molecule has 2 amide bonds. The summed E-state index contributed by atoms with van der Waals surface area (Å²) in [6, 6.07) is 5.41. The average molecular weight is 244 g/mol. The number of amides is 2. The first kappa shape index (κ1) is 13.2. The first-order chi connectivity index (χ1) is 7.97. The number of hydrogen-bond acceptors (Lipinski definition) is 2. The number of ether oxygens (including phenoxy) is 1. The molecule has 1 rings (SSSR count). The molecule has 0 aromatic heterocycles. The van der Waals surface area contributed by atoms with Gasteiger partial charge < -0.3 is 15.4 Å². The van der Waals surface area contributed by atoms with Gasteiger partial charge in [0.05, 0.1) is 0 Å². The van der Waals surface area contributed by atoms with Gasteiger partial charge in [-0.1, -0.05) is 6.07 Å². The Morgan fingerprint density at radius 1 is 1.35 bits per heavy atom. The molecule has 0 bridgehead atoms. The van der Waals surface area contributed by atoms with Gasteiger partial charge >= 0.3 is 12.6 Å². The number of urea groups is 1. The molecule has 0 saturated heterocycles. The van der Waals surface area contributed by atoms with Crippen LogP contribution in [0.5, 0.6) is 5.75 Å². The number of carbonyl (C=O) groups is 1. The zero-order chi connectivity index (χ0) is 12.8. The molecule has 0 radical (unpaired) electrons. The third-order valence-corrected chi connectivity index (χ3v) is 1.74. The molecular formula is C11H14F2N2O2. The Balaban J connectivity index is 2.62. The van der Waals surface area contributed by atoms with E-state index in [0.717, 1.165) is 0 Å². The molecule has 0 saturated carbocycles. The SMILES string of the molecule is CC(C)NC(=O)Nc1cccc(OC(F)F)c1. The van der Waals surface area contributed by atoms with E-state index in [1.54, 1.807) is 6.07 Å². The fourth-order valence-electron chi connectivity index (χ4n) is 1.18. The number of rotatable bonds is 4. The molecule has 1 aromatic rings. The van der Waals surface area contributed by atoms with Gasteiger partial charge in [-0.05, 0) is 26.0 Å². The van der Waals surface area contributed by atoms with Crippen LogP contribution in [0.4, 0.5) is 19.3 Å². The molecule has 0 atom stereocenters. The summed E-state index contributed by atoms with van der Waals surface area (Å²) in [5, 5.41) is 5.12. The Morgan fingerprint density at radius 2 is 2.06 bits per heavy atom. The van der Waals surface area contributed by atoms with Gasteiger partial charge in [0.25, 0.3) is 0 Å². The predicted octanol–water partition coefficient (Wildman–Crippen LogP) is 2.82. The monoisotopic (exact) mass is 244 g/mol. The van der Waals surface area contributed by atoms with Gasteiger partial charge in [0.2, 0.25) is 0 Å². The summed E-state index contributed by atoms with van der Waals surface area (Å²) in [7, 11) is 0. The summed E-state index contributed by atoms with van der Waals surface area (Å²) in [4.78, 5) is 11.3. The second-order valence-electron chi connectivity index (χ2n) is 3.66. The molecule has 0 fully saturated rings. The highest BCUT2D eigenvalue weighted by molar-refractivity contribution is 5.89. The number of carbonyl (C=O) groups excluding carboxylic acids is 1. The van der Waals surface area contributed by atoms with E-state index in [2.05, 4.69) is 15.4 Å². The van der Waals surface area contributed by atoms with E-state index < -0.39 is 12.6 Å². The quantitative estimate of drug-likeness (QED) is 0.855. The van der Waals surface area contributed by atoms with E-state index in [1.165, 1.54) is 18.2 Å². The summed E-state index contributed by atoms with van der Waals surface area (Å²) in [6.07, 6.45) is 0. The van der Waals surface area contributed by atoms with Crippen LogP contribution in [0.25, 0.3) is 0 Å². The normalized spacial score (nSPS) is 10.5. The van der Waals surface area contributed by atoms with Gasteiger partial charge in [-0.2, -0.15) is 8.78 Å². The predicted molar refractivity (Wildman–Crippen MR) is 60.4 cm³/mol. The Labute approximate surface area is 98.0 Å². The van der Waals surface area contributed by atoms with Crippen LogP contribution in [0.2, 0.25) is 0 Å². The molecule has 1 aromatic carbocycles. The van der Waals surface area contributed by atoms with Crippen LogP contribution in [0.1, 0.15) is 13.8 Å². The second kappa shape index (κ2) is 6.03.